The number of carboxylic acids is 2. The van der Waals surface area contributed by atoms with E-state index in [2.05, 4.69) is 5.32 Å². The van der Waals surface area contributed by atoms with Crippen LogP contribution in [0.15, 0.2) is 0 Å². The summed E-state index contributed by atoms with van der Waals surface area (Å²) in [6, 6.07) is 0. The molecule has 7 nitrogen and oxygen atoms in total. The number of carboxylic acid groups (broad SMARTS) is 2. The van der Waals surface area contributed by atoms with Crippen molar-refractivity contribution in [3.8, 4) is 0 Å². The highest BCUT2D eigenvalue weighted by molar-refractivity contribution is 5.85. The predicted molar refractivity (Wildman–Crippen MR) is 78.6 cm³/mol. The van der Waals surface area contributed by atoms with Gasteiger partial charge in [0.25, 0.3) is 0 Å². The van der Waals surface area contributed by atoms with Crippen molar-refractivity contribution in [1.82, 2.24) is 5.32 Å². The van der Waals surface area contributed by atoms with Crippen LogP contribution in [0.1, 0.15) is 59.3 Å². The van der Waals surface area contributed by atoms with Crippen molar-refractivity contribution in [3.05, 3.63) is 0 Å². The van der Waals surface area contributed by atoms with E-state index in [0.29, 0.717) is 12.8 Å². The fraction of sp³-hybridized carbons (Fsp3) is 0.800. The smallest absolute Gasteiger partial charge is 0.408 e. The summed E-state index contributed by atoms with van der Waals surface area (Å²) in [6.07, 6.45) is 1.77. The van der Waals surface area contributed by atoms with E-state index >= 15 is 0 Å². The van der Waals surface area contributed by atoms with Gasteiger partial charge in [-0.3, -0.25) is 4.79 Å². The number of nitrogens with one attached hydrogen (secondary N) is 1. The summed E-state index contributed by atoms with van der Waals surface area (Å²) in [5.41, 5.74) is -2.34. The van der Waals surface area contributed by atoms with Gasteiger partial charge in [-0.2, -0.15) is 0 Å². The maximum Gasteiger partial charge on any atom is 0.408 e. The van der Waals surface area contributed by atoms with Crippen molar-refractivity contribution in [1.29, 1.82) is 0 Å². The highest BCUT2D eigenvalue weighted by atomic mass is 16.6. The lowest BCUT2D eigenvalue weighted by atomic mass is 9.79. The first-order chi connectivity index (χ1) is 10.1. The molecule has 0 unspecified atom stereocenters. The Morgan fingerprint density at radius 2 is 1.68 bits per heavy atom. The van der Waals surface area contributed by atoms with Gasteiger partial charge in [0.2, 0.25) is 0 Å². The topological polar surface area (TPSA) is 113 Å². The summed E-state index contributed by atoms with van der Waals surface area (Å²) in [5.74, 6) is -2.57. The third-order valence-corrected chi connectivity index (χ3v) is 3.89. The molecule has 0 spiro atoms. The molecule has 0 saturated heterocycles. The maximum atomic E-state index is 12.0. The first kappa shape index (κ1) is 18.3. The van der Waals surface area contributed by atoms with Crippen molar-refractivity contribution in [3.63, 3.8) is 0 Å². The van der Waals surface area contributed by atoms with E-state index in [1.807, 2.05) is 0 Å². The molecule has 0 bridgehead atoms. The Morgan fingerprint density at radius 3 is 2.09 bits per heavy atom. The van der Waals surface area contributed by atoms with Crippen LogP contribution in [-0.4, -0.2) is 39.4 Å². The number of hydrogen-bond donors (Lipinski definition) is 3. The Bertz CT molecular complexity index is 436. The number of aliphatic carboxylic acids is 2. The van der Waals surface area contributed by atoms with Crippen LogP contribution in [0.5, 0.6) is 0 Å². The number of carbonyl (C=O) groups excluding carboxylic acids is 1. The Labute approximate surface area is 130 Å². The summed E-state index contributed by atoms with van der Waals surface area (Å²) in [5, 5.41) is 21.0. The van der Waals surface area contributed by atoms with Gasteiger partial charge in [-0.05, 0) is 46.0 Å². The molecule has 0 heterocycles. The molecule has 1 rings (SSSR count). The molecule has 7 heteroatoms. The van der Waals surface area contributed by atoms with Crippen LogP contribution >= 0.6 is 0 Å². The Balaban J connectivity index is 2.98. The molecular formula is C15H25NO6. The number of alkyl carbamates (subject to hydrolysis) is 1. The third kappa shape index (κ3) is 4.89. The highest BCUT2D eigenvalue weighted by Gasteiger charge is 2.48. The molecule has 3 N–H and O–H groups in total. The Hall–Kier alpha value is -1.79. The van der Waals surface area contributed by atoms with Gasteiger partial charge in [0.15, 0.2) is 0 Å². The van der Waals surface area contributed by atoms with Crippen LogP contribution in [0.2, 0.25) is 0 Å². The van der Waals surface area contributed by atoms with Gasteiger partial charge in [0, 0.05) is 6.42 Å². The third-order valence-electron chi connectivity index (χ3n) is 3.89. The van der Waals surface area contributed by atoms with E-state index in [1.54, 1.807) is 20.8 Å². The van der Waals surface area contributed by atoms with Gasteiger partial charge in [-0.25, -0.2) is 9.59 Å². The van der Waals surface area contributed by atoms with Crippen molar-refractivity contribution >= 4 is 18.0 Å². The zero-order valence-electron chi connectivity index (χ0n) is 13.3. The minimum atomic E-state index is -1.59. The molecule has 0 aromatic rings. The molecule has 126 valence electrons. The summed E-state index contributed by atoms with van der Waals surface area (Å²) >= 11 is 0. The number of rotatable bonds is 6. The van der Waals surface area contributed by atoms with Gasteiger partial charge >= 0.3 is 18.0 Å². The molecule has 1 aliphatic carbocycles. The SMILES string of the molecule is CC(C)(C)OC(=O)N[C@@](CCC(=O)O)(C(=O)O)C1CCCC1. The van der Waals surface area contributed by atoms with Gasteiger partial charge in [0.05, 0.1) is 0 Å². The Morgan fingerprint density at radius 1 is 1.14 bits per heavy atom. The minimum absolute atomic E-state index is 0.151. The molecular weight excluding hydrogens is 290 g/mol. The fourth-order valence-corrected chi connectivity index (χ4v) is 2.91. The molecule has 0 aromatic carbocycles. The molecule has 22 heavy (non-hydrogen) atoms. The van der Waals surface area contributed by atoms with Gasteiger partial charge in [0.1, 0.15) is 11.1 Å². The second kappa shape index (κ2) is 6.98. The van der Waals surface area contributed by atoms with Crippen molar-refractivity contribution in [2.24, 2.45) is 5.92 Å². The van der Waals surface area contributed by atoms with E-state index in [0.717, 1.165) is 12.8 Å². The van der Waals surface area contributed by atoms with Crippen LogP contribution in [0, 0.1) is 5.92 Å². The second-order valence-electron chi connectivity index (χ2n) is 6.78. The first-order valence-electron chi connectivity index (χ1n) is 7.53. The predicted octanol–water partition coefficient (Wildman–Crippen LogP) is 2.39. The van der Waals surface area contributed by atoms with Gasteiger partial charge in [-0.1, -0.05) is 12.8 Å². The molecule has 0 aliphatic heterocycles. The molecule has 1 aliphatic rings. The zero-order chi connectivity index (χ0) is 17.0. The molecule has 1 saturated carbocycles. The van der Waals surface area contributed by atoms with E-state index in [1.165, 1.54) is 0 Å². The molecule has 1 atom stereocenters. The number of hydrogen-bond acceptors (Lipinski definition) is 4. The van der Waals surface area contributed by atoms with Gasteiger partial charge < -0.3 is 20.3 Å². The van der Waals surface area contributed by atoms with Crippen LogP contribution in [0.4, 0.5) is 4.79 Å². The molecule has 1 amide bonds. The minimum Gasteiger partial charge on any atom is -0.481 e. The Kier molecular flexibility index (Phi) is 5.79. The lowest BCUT2D eigenvalue weighted by Crippen LogP contribution is -2.59. The van der Waals surface area contributed by atoms with E-state index in [4.69, 9.17) is 9.84 Å². The monoisotopic (exact) mass is 315 g/mol. The fourth-order valence-electron chi connectivity index (χ4n) is 2.91. The zero-order valence-corrected chi connectivity index (χ0v) is 13.3. The van der Waals surface area contributed by atoms with Crippen molar-refractivity contribution in [2.45, 2.75) is 70.4 Å². The lowest BCUT2D eigenvalue weighted by molar-refractivity contribution is -0.149. The van der Waals surface area contributed by atoms with Crippen molar-refractivity contribution in [2.75, 3.05) is 0 Å². The average Bonchev–Trinajstić information content (AvgIpc) is 2.85. The highest BCUT2D eigenvalue weighted by Crippen LogP contribution is 2.37. The van der Waals surface area contributed by atoms with Crippen LogP contribution < -0.4 is 5.32 Å². The average molecular weight is 315 g/mol. The van der Waals surface area contributed by atoms with Crippen LogP contribution in [0.3, 0.4) is 0 Å². The summed E-state index contributed by atoms with van der Waals surface area (Å²) in [7, 11) is 0. The molecule has 0 radical (unpaired) electrons. The normalized spacial score (nSPS) is 18.5. The maximum absolute atomic E-state index is 12.0. The van der Waals surface area contributed by atoms with Crippen LogP contribution in [0.25, 0.3) is 0 Å². The number of ether oxygens (including phenoxy) is 1. The second-order valence-corrected chi connectivity index (χ2v) is 6.78. The van der Waals surface area contributed by atoms with E-state index in [9.17, 15) is 19.5 Å². The summed E-state index contributed by atoms with van der Waals surface area (Å²) in [6.45, 7) is 5.05. The van der Waals surface area contributed by atoms with Gasteiger partial charge in [-0.15, -0.1) is 0 Å². The van der Waals surface area contributed by atoms with Crippen LogP contribution in [-0.2, 0) is 14.3 Å². The number of carbonyl (C=O) groups is 3. The number of amides is 1. The van der Waals surface area contributed by atoms with E-state index < -0.39 is 29.2 Å². The quantitative estimate of drug-likeness (QED) is 0.693. The van der Waals surface area contributed by atoms with Crippen molar-refractivity contribution < 1.29 is 29.3 Å². The standard InChI is InChI=1S/C15H25NO6/c1-14(2,3)22-13(21)16-15(12(19)20,9-8-11(17)18)10-6-4-5-7-10/h10H,4-9H2,1-3H3,(H,16,21)(H,17,18)(H,19,20)/t15-/m1/s1. The largest absolute Gasteiger partial charge is 0.481 e. The van der Waals surface area contributed by atoms with E-state index in [-0.39, 0.29) is 18.8 Å². The first-order valence-corrected chi connectivity index (χ1v) is 7.53. The molecule has 1 fully saturated rings. The molecule has 0 aromatic heterocycles. The summed E-state index contributed by atoms with van der Waals surface area (Å²) in [4.78, 5) is 34.8. The lowest BCUT2D eigenvalue weighted by Gasteiger charge is -2.36. The summed E-state index contributed by atoms with van der Waals surface area (Å²) < 4.78 is 5.15.